The Morgan fingerprint density at radius 1 is 1.05 bits per heavy atom. The molecule has 0 unspecified atom stereocenters. The van der Waals surface area contributed by atoms with Crippen LogP contribution in [-0.2, 0) is 6.54 Å². The lowest BCUT2D eigenvalue weighted by Crippen LogP contribution is -2.11. The van der Waals surface area contributed by atoms with Crippen molar-refractivity contribution in [3.63, 3.8) is 0 Å². The highest BCUT2D eigenvalue weighted by molar-refractivity contribution is 5.83. The second kappa shape index (κ2) is 5.66. The minimum Gasteiger partial charge on any atom is -0.453 e. The fraction of sp³-hybridized carbons (Fsp3) is 0.176. The van der Waals surface area contributed by atoms with E-state index in [1.807, 2.05) is 6.92 Å². The highest BCUT2D eigenvalue weighted by Gasteiger charge is 2.13. The number of para-hydroxylation sites is 1. The summed E-state index contributed by atoms with van der Waals surface area (Å²) >= 11 is 0. The van der Waals surface area contributed by atoms with E-state index in [9.17, 15) is 8.78 Å². The zero-order chi connectivity index (χ0) is 14.8. The monoisotopic (exact) mass is 287 g/mol. The van der Waals surface area contributed by atoms with E-state index in [1.165, 1.54) is 12.1 Å². The van der Waals surface area contributed by atoms with Gasteiger partial charge in [-0.2, -0.15) is 0 Å². The van der Waals surface area contributed by atoms with Gasteiger partial charge in [0, 0.05) is 11.9 Å². The number of nitrogens with one attached hydrogen (secondary N) is 1. The van der Waals surface area contributed by atoms with Crippen molar-refractivity contribution < 1.29 is 13.2 Å². The molecule has 0 atom stereocenters. The number of fused-ring (bicyclic) bond motifs is 1. The van der Waals surface area contributed by atoms with Crippen molar-refractivity contribution in [3.8, 4) is 11.3 Å². The fourth-order valence-corrected chi connectivity index (χ4v) is 2.30. The van der Waals surface area contributed by atoms with Gasteiger partial charge >= 0.3 is 0 Å². The van der Waals surface area contributed by atoms with E-state index in [0.29, 0.717) is 23.3 Å². The topological polar surface area (TPSA) is 25.2 Å². The van der Waals surface area contributed by atoms with Crippen LogP contribution in [0.25, 0.3) is 22.3 Å². The highest BCUT2D eigenvalue weighted by atomic mass is 19.1. The van der Waals surface area contributed by atoms with Gasteiger partial charge in [-0.1, -0.05) is 25.1 Å². The van der Waals surface area contributed by atoms with Crippen molar-refractivity contribution in [2.45, 2.75) is 13.5 Å². The normalized spacial score (nSPS) is 11.2. The quantitative estimate of drug-likeness (QED) is 0.765. The van der Waals surface area contributed by atoms with Crippen molar-refractivity contribution in [1.29, 1.82) is 0 Å². The van der Waals surface area contributed by atoms with E-state index in [4.69, 9.17) is 4.42 Å². The third kappa shape index (κ3) is 2.67. The molecule has 0 saturated carbocycles. The Bertz CT molecular complexity index is 780. The Hall–Kier alpha value is -2.20. The molecule has 0 saturated heterocycles. The van der Waals surface area contributed by atoms with Gasteiger partial charge in [0.05, 0.1) is 5.56 Å². The van der Waals surface area contributed by atoms with E-state index in [-0.39, 0.29) is 11.4 Å². The lowest BCUT2D eigenvalue weighted by Gasteiger charge is -2.05. The molecule has 3 rings (SSSR count). The van der Waals surface area contributed by atoms with Crippen LogP contribution in [-0.4, -0.2) is 6.54 Å². The highest BCUT2D eigenvalue weighted by Crippen LogP contribution is 2.31. The minimum absolute atomic E-state index is 0.156. The number of hydrogen-bond donors (Lipinski definition) is 1. The zero-order valence-electron chi connectivity index (χ0n) is 11.6. The fourth-order valence-electron chi connectivity index (χ4n) is 2.30. The summed E-state index contributed by atoms with van der Waals surface area (Å²) in [6.07, 6.45) is 0. The summed E-state index contributed by atoms with van der Waals surface area (Å²) in [7, 11) is 0. The van der Waals surface area contributed by atoms with Gasteiger partial charge < -0.3 is 9.73 Å². The first-order valence-electron chi connectivity index (χ1n) is 6.86. The molecule has 0 bridgehead atoms. The lowest BCUT2D eigenvalue weighted by molar-refractivity contribution is 0.562. The van der Waals surface area contributed by atoms with Gasteiger partial charge in [0.15, 0.2) is 11.4 Å². The maximum Gasteiger partial charge on any atom is 0.170 e. The summed E-state index contributed by atoms with van der Waals surface area (Å²) in [5, 5.41) is 3.81. The standard InChI is InChI=1S/C17H15F2NO/c1-2-20-10-11-6-7-14(18)13(8-11)16-9-12-4-3-5-15(19)17(12)21-16/h3-9,20H,2,10H2,1H3. The smallest absolute Gasteiger partial charge is 0.170 e. The van der Waals surface area contributed by atoms with E-state index in [0.717, 1.165) is 12.1 Å². The number of benzene rings is 2. The number of hydrogen-bond acceptors (Lipinski definition) is 2. The summed E-state index contributed by atoms with van der Waals surface area (Å²) in [6.45, 7) is 3.49. The average molecular weight is 287 g/mol. The van der Waals surface area contributed by atoms with Crippen molar-refractivity contribution in [2.75, 3.05) is 6.54 Å². The molecule has 0 aliphatic heterocycles. The van der Waals surface area contributed by atoms with Crippen molar-refractivity contribution >= 4 is 11.0 Å². The molecular formula is C17H15F2NO. The second-order valence-corrected chi connectivity index (χ2v) is 4.86. The first-order valence-corrected chi connectivity index (χ1v) is 6.86. The van der Waals surface area contributed by atoms with Gasteiger partial charge in [0.2, 0.25) is 0 Å². The molecule has 21 heavy (non-hydrogen) atoms. The Kier molecular flexibility index (Phi) is 3.71. The third-order valence-electron chi connectivity index (χ3n) is 3.37. The predicted molar refractivity (Wildman–Crippen MR) is 78.9 cm³/mol. The van der Waals surface area contributed by atoms with Gasteiger partial charge in [0.1, 0.15) is 11.6 Å². The molecule has 108 valence electrons. The molecule has 3 aromatic rings. The molecule has 0 fully saturated rings. The van der Waals surface area contributed by atoms with Crippen LogP contribution in [0.2, 0.25) is 0 Å². The molecule has 0 aliphatic carbocycles. The number of halogens is 2. The van der Waals surface area contributed by atoms with Crippen LogP contribution in [0.3, 0.4) is 0 Å². The molecule has 2 nitrogen and oxygen atoms in total. The molecule has 0 radical (unpaired) electrons. The molecule has 0 spiro atoms. The second-order valence-electron chi connectivity index (χ2n) is 4.86. The van der Waals surface area contributed by atoms with Crippen LogP contribution >= 0.6 is 0 Å². The van der Waals surface area contributed by atoms with Crippen LogP contribution in [0.1, 0.15) is 12.5 Å². The Morgan fingerprint density at radius 2 is 1.90 bits per heavy atom. The number of rotatable bonds is 4. The van der Waals surface area contributed by atoms with Crippen molar-refractivity contribution in [2.24, 2.45) is 0 Å². The molecular weight excluding hydrogens is 272 g/mol. The molecule has 1 N–H and O–H groups in total. The average Bonchev–Trinajstić information content (AvgIpc) is 2.92. The third-order valence-corrected chi connectivity index (χ3v) is 3.37. The first-order chi connectivity index (χ1) is 10.2. The largest absolute Gasteiger partial charge is 0.453 e. The summed E-state index contributed by atoms with van der Waals surface area (Å²) in [6, 6.07) is 11.2. The molecule has 1 heterocycles. The van der Waals surface area contributed by atoms with Gasteiger partial charge in [-0.25, -0.2) is 8.78 Å². The summed E-state index contributed by atoms with van der Waals surface area (Å²) in [4.78, 5) is 0. The van der Waals surface area contributed by atoms with E-state index in [2.05, 4.69) is 5.32 Å². The van der Waals surface area contributed by atoms with Crippen molar-refractivity contribution in [1.82, 2.24) is 5.32 Å². The van der Waals surface area contributed by atoms with Crippen LogP contribution in [0.15, 0.2) is 46.9 Å². The molecule has 0 amide bonds. The summed E-state index contributed by atoms with van der Waals surface area (Å²) < 4.78 is 33.2. The zero-order valence-corrected chi connectivity index (χ0v) is 11.6. The maximum atomic E-state index is 14.0. The van der Waals surface area contributed by atoms with Crippen LogP contribution in [0.5, 0.6) is 0 Å². The van der Waals surface area contributed by atoms with E-state index >= 15 is 0 Å². The predicted octanol–water partition coefficient (Wildman–Crippen LogP) is 4.49. The van der Waals surface area contributed by atoms with E-state index in [1.54, 1.807) is 30.3 Å². The van der Waals surface area contributed by atoms with Gasteiger partial charge in [-0.3, -0.25) is 0 Å². The van der Waals surface area contributed by atoms with Gasteiger partial charge in [-0.15, -0.1) is 0 Å². The molecule has 4 heteroatoms. The van der Waals surface area contributed by atoms with E-state index < -0.39 is 5.82 Å². The SMILES string of the molecule is CCNCc1ccc(F)c(-c2cc3cccc(F)c3o2)c1. The minimum atomic E-state index is -0.442. The molecule has 0 aliphatic rings. The number of furan rings is 1. The molecule has 2 aromatic carbocycles. The lowest BCUT2D eigenvalue weighted by atomic mass is 10.1. The van der Waals surface area contributed by atoms with Crippen LogP contribution in [0.4, 0.5) is 8.78 Å². The Morgan fingerprint density at radius 3 is 2.67 bits per heavy atom. The Labute approximate surface area is 121 Å². The first kappa shape index (κ1) is 13.8. The molecule has 1 aromatic heterocycles. The van der Waals surface area contributed by atoms with Crippen LogP contribution < -0.4 is 5.32 Å². The maximum absolute atomic E-state index is 14.0. The van der Waals surface area contributed by atoms with Gasteiger partial charge in [-0.05, 0) is 36.4 Å². The summed E-state index contributed by atoms with van der Waals surface area (Å²) in [5.41, 5.74) is 1.46. The van der Waals surface area contributed by atoms with Gasteiger partial charge in [0.25, 0.3) is 0 Å². The van der Waals surface area contributed by atoms with Crippen molar-refractivity contribution in [3.05, 3.63) is 59.7 Å². The van der Waals surface area contributed by atoms with Crippen LogP contribution in [0, 0.1) is 11.6 Å². The summed E-state index contributed by atoms with van der Waals surface area (Å²) in [5.74, 6) is -0.483. The Balaban J connectivity index is 2.06.